The second kappa shape index (κ2) is 6.25. The summed E-state index contributed by atoms with van der Waals surface area (Å²) in [6, 6.07) is 6.47. The number of benzene rings is 2. The number of nitrogens with zero attached hydrogens (tertiary/aromatic N) is 1. The van der Waals surface area contributed by atoms with E-state index in [1.807, 2.05) is 0 Å². The molecule has 1 aromatic heterocycles. The summed E-state index contributed by atoms with van der Waals surface area (Å²) in [5.74, 6) is -12.5. The van der Waals surface area contributed by atoms with E-state index in [9.17, 15) is 31.9 Å². The largest absolute Gasteiger partial charge is 0.507 e. The summed E-state index contributed by atoms with van der Waals surface area (Å²) in [4.78, 5) is 15.9. The van der Waals surface area contributed by atoms with Crippen LogP contribution in [-0.2, 0) is 0 Å². The predicted octanol–water partition coefficient (Wildman–Crippen LogP) is 4.41. The average Bonchev–Trinajstić information content (AvgIpc) is 2.59. The zero-order valence-electron chi connectivity index (χ0n) is 12.0. The lowest BCUT2D eigenvalue weighted by Crippen LogP contribution is -2.08. The smallest absolute Gasteiger partial charge is 0.258 e. The van der Waals surface area contributed by atoms with Crippen LogP contribution in [0.2, 0.25) is 0 Å². The number of hydrogen-bond donors (Lipinski definition) is 1. The van der Waals surface area contributed by atoms with Gasteiger partial charge in [-0.25, -0.2) is 26.9 Å². The number of hydrogen-bond acceptors (Lipinski definition) is 4. The van der Waals surface area contributed by atoms with Gasteiger partial charge in [-0.05, 0) is 12.1 Å². The second-order valence-electron chi connectivity index (χ2n) is 4.83. The number of aliphatic hydroxyl groups is 1. The maximum Gasteiger partial charge on any atom is 0.258 e. The molecule has 0 saturated carbocycles. The molecule has 9 heteroatoms. The highest BCUT2D eigenvalue weighted by atomic mass is 32.1. The maximum atomic E-state index is 13.7. The van der Waals surface area contributed by atoms with Crippen molar-refractivity contribution in [2.24, 2.45) is 0 Å². The maximum absolute atomic E-state index is 13.7. The Bertz CT molecular complexity index is 1060. The highest BCUT2D eigenvalue weighted by Gasteiger charge is 2.27. The normalized spacial score (nSPS) is 12.0. The van der Waals surface area contributed by atoms with Crippen molar-refractivity contribution < 1.29 is 27.1 Å². The molecule has 2 aromatic carbocycles. The molecule has 0 spiro atoms. The van der Waals surface area contributed by atoms with E-state index in [-0.39, 0.29) is 0 Å². The monoisotopic (exact) mass is 371 g/mol. The number of aliphatic hydroxyl groups excluding tert-OH is 1. The zero-order valence-corrected chi connectivity index (χ0v) is 12.8. The Labute approximate surface area is 140 Å². The molecule has 0 amide bonds. The molecular formula is C16H6F5NO2S. The molecule has 0 aliphatic carbocycles. The molecule has 0 saturated heterocycles. The first-order valence-corrected chi connectivity index (χ1v) is 7.45. The third-order valence-electron chi connectivity index (χ3n) is 3.26. The van der Waals surface area contributed by atoms with Crippen molar-refractivity contribution in [3.63, 3.8) is 0 Å². The Kier molecular flexibility index (Phi) is 4.25. The summed E-state index contributed by atoms with van der Waals surface area (Å²) in [5, 5.41) is 9.82. The summed E-state index contributed by atoms with van der Waals surface area (Å²) in [6.45, 7) is 0. The fourth-order valence-corrected chi connectivity index (χ4v) is 2.86. The molecule has 0 bridgehead atoms. The first kappa shape index (κ1) is 17.0. The van der Waals surface area contributed by atoms with Crippen molar-refractivity contribution >= 4 is 33.4 Å². The fraction of sp³-hybridized carbons (Fsp3) is 0. The van der Waals surface area contributed by atoms with E-state index < -0.39 is 50.8 Å². The minimum Gasteiger partial charge on any atom is -0.507 e. The van der Waals surface area contributed by atoms with E-state index in [1.165, 1.54) is 0 Å². The summed E-state index contributed by atoms with van der Waals surface area (Å²) >= 11 is 0.753. The molecular weight excluding hydrogens is 365 g/mol. The number of rotatable bonds is 2. The third kappa shape index (κ3) is 2.86. The van der Waals surface area contributed by atoms with Crippen LogP contribution in [0.5, 0.6) is 0 Å². The van der Waals surface area contributed by atoms with Crippen LogP contribution < -0.4 is 4.74 Å². The van der Waals surface area contributed by atoms with Gasteiger partial charge in [0.1, 0.15) is 11.5 Å². The van der Waals surface area contributed by atoms with Crippen LogP contribution in [0.3, 0.4) is 0 Å². The summed E-state index contributed by atoms with van der Waals surface area (Å²) in [7, 11) is 0. The molecule has 3 nitrogen and oxygen atoms in total. The van der Waals surface area contributed by atoms with Crippen molar-refractivity contribution in [2.45, 2.75) is 0 Å². The number of halogens is 5. The number of fused-ring (bicyclic) bond motifs is 1. The first-order chi connectivity index (χ1) is 11.8. The quantitative estimate of drug-likeness (QED) is 0.314. The third-order valence-corrected chi connectivity index (χ3v) is 4.22. The van der Waals surface area contributed by atoms with Gasteiger partial charge in [-0.2, -0.15) is 0 Å². The van der Waals surface area contributed by atoms with Gasteiger partial charge in [0.15, 0.2) is 23.3 Å². The molecule has 3 aromatic rings. The minimum absolute atomic E-state index is 0.364. The highest BCUT2D eigenvalue weighted by molar-refractivity contribution is 7.16. The standard InChI is InChI=1S/C16H6F5NO2S/c17-11-10(12(18)14(20)15(21)13(11)19)8(23)5-7-16(24)25-9-4-2-1-3-6(9)22-7/h1-5,23H/b8-5-. The van der Waals surface area contributed by atoms with Crippen molar-refractivity contribution in [1.29, 1.82) is 0 Å². The lowest BCUT2D eigenvalue weighted by atomic mass is 10.1. The van der Waals surface area contributed by atoms with E-state index in [0.717, 1.165) is 11.3 Å². The Hall–Kier alpha value is -2.81. The minimum atomic E-state index is -2.35. The summed E-state index contributed by atoms with van der Waals surface area (Å²) < 4.78 is 66.7. The van der Waals surface area contributed by atoms with Crippen molar-refractivity contribution in [2.75, 3.05) is 0 Å². The molecule has 3 rings (SSSR count). The van der Waals surface area contributed by atoms with E-state index in [4.69, 9.17) is 0 Å². The first-order valence-electron chi connectivity index (χ1n) is 6.63. The topological polar surface area (TPSA) is 50.2 Å². The van der Waals surface area contributed by atoms with Gasteiger partial charge in [0, 0.05) is 6.08 Å². The average molecular weight is 371 g/mol. The van der Waals surface area contributed by atoms with E-state index in [1.54, 1.807) is 24.3 Å². The van der Waals surface area contributed by atoms with Crippen molar-refractivity contribution in [3.8, 4) is 0 Å². The molecule has 25 heavy (non-hydrogen) atoms. The molecule has 0 unspecified atom stereocenters. The van der Waals surface area contributed by atoms with Crippen LogP contribution in [-0.4, -0.2) is 10.1 Å². The van der Waals surface area contributed by atoms with Gasteiger partial charge in [0.2, 0.25) is 5.82 Å². The van der Waals surface area contributed by atoms with Crippen LogP contribution in [0.1, 0.15) is 11.3 Å². The van der Waals surface area contributed by atoms with E-state index in [0.29, 0.717) is 16.3 Å². The van der Waals surface area contributed by atoms with Crippen molar-refractivity contribution in [1.82, 2.24) is 4.98 Å². The van der Waals surface area contributed by atoms with Gasteiger partial charge in [-0.1, -0.05) is 23.5 Å². The molecule has 1 heterocycles. The van der Waals surface area contributed by atoms with Gasteiger partial charge in [-0.15, -0.1) is 0 Å². The fourth-order valence-electron chi connectivity index (χ4n) is 2.09. The predicted molar refractivity (Wildman–Crippen MR) is 82.6 cm³/mol. The Morgan fingerprint density at radius 1 is 0.960 bits per heavy atom. The zero-order chi connectivity index (χ0) is 18.3. The van der Waals surface area contributed by atoms with Gasteiger partial charge >= 0.3 is 0 Å². The highest BCUT2D eigenvalue weighted by Crippen LogP contribution is 2.28. The van der Waals surface area contributed by atoms with Gasteiger partial charge in [-0.3, -0.25) is 4.79 Å². The molecule has 0 aliphatic heterocycles. The lowest BCUT2D eigenvalue weighted by molar-refractivity contribution is 0.370. The van der Waals surface area contributed by atoms with Crippen LogP contribution in [0.4, 0.5) is 22.0 Å². The van der Waals surface area contributed by atoms with Crippen molar-refractivity contribution in [3.05, 3.63) is 74.1 Å². The van der Waals surface area contributed by atoms with E-state index >= 15 is 0 Å². The van der Waals surface area contributed by atoms with Gasteiger partial charge in [0.25, 0.3) is 4.74 Å². The van der Waals surface area contributed by atoms with Gasteiger partial charge in [0.05, 0.1) is 15.8 Å². The van der Waals surface area contributed by atoms with Crippen LogP contribution in [0.25, 0.3) is 22.1 Å². The number of para-hydroxylation sites is 1. The van der Waals surface area contributed by atoms with Crippen LogP contribution in [0, 0.1) is 29.1 Å². The Morgan fingerprint density at radius 3 is 2.16 bits per heavy atom. The van der Waals surface area contributed by atoms with Crippen LogP contribution in [0.15, 0.2) is 29.1 Å². The van der Waals surface area contributed by atoms with E-state index in [2.05, 4.69) is 4.98 Å². The lowest BCUT2D eigenvalue weighted by Gasteiger charge is -2.07. The Balaban J connectivity index is 2.21. The molecule has 0 aliphatic rings. The summed E-state index contributed by atoms with van der Waals surface area (Å²) in [5.41, 5.74) is -1.57. The SMILES string of the molecule is O=c1sc2ccccc2nc1/C=C(\O)c1c(F)c(F)c(F)c(F)c1F. The Morgan fingerprint density at radius 2 is 1.52 bits per heavy atom. The second-order valence-corrected chi connectivity index (χ2v) is 5.84. The molecule has 128 valence electrons. The summed E-state index contributed by atoms with van der Waals surface area (Å²) in [6.07, 6.45) is 0.559. The molecule has 0 fully saturated rings. The molecule has 0 atom stereocenters. The number of aromatic nitrogens is 1. The van der Waals surface area contributed by atoms with Gasteiger partial charge < -0.3 is 5.11 Å². The molecule has 1 N–H and O–H groups in total. The molecule has 0 radical (unpaired) electrons. The van der Waals surface area contributed by atoms with Crippen LogP contribution >= 0.6 is 11.3 Å².